The summed E-state index contributed by atoms with van der Waals surface area (Å²) in [5.41, 5.74) is 0.449. The topological polar surface area (TPSA) is 53.1 Å². The van der Waals surface area contributed by atoms with Crippen LogP contribution < -0.4 is 0 Å². The van der Waals surface area contributed by atoms with Gasteiger partial charge in [0.25, 0.3) is 0 Å². The molecule has 5 nitrogen and oxygen atoms in total. The smallest absolute Gasteiger partial charge is 0.435 e. The molecule has 24 heavy (non-hydrogen) atoms. The van der Waals surface area contributed by atoms with Gasteiger partial charge >= 0.3 is 12.1 Å². The molecule has 1 aliphatic rings. The quantitative estimate of drug-likeness (QED) is 0.601. The van der Waals surface area contributed by atoms with E-state index in [1.165, 1.54) is 0 Å². The average Bonchev–Trinajstić information content (AvgIpc) is 2.91. The van der Waals surface area contributed by atoms with Crippen LogP contribution in [-0.2, 0) is 24.1 Å². The van der Waals surface area contributed by atoms with Gasteiger partial charge in [0.05, 0.1) is 5.56 Å². The highest BCUT2D eigenvalue weighted by Gasteiger charge is 2.38. The van der Waals surface area contributed by atoms with Crippen LogP contribution in [-0.4, -0.2) is 20.4 Å². The summed E-state index contributed by atoms with van der Waals surface area (Å²) in [7, 11) is 0. The van der Waals surface area contributed by atoms with E-state index < -0.39 is 11.9 Å². The molecule has 128 valence electrons. The average molecular weight is 360 g/mol. The molecule has 1 aromatic heterocycles. The lowest BCUT2D eigenvalue weighted by molar-refractivity contribution is -0.380. The Morgan fingerprint density at radius 1 is 1.38 bits per heavy atom. The maximum absolute atomic E-state index is 12.9. The van der Waals surface area contributed by atoms with Crippen molar-refractivity contribution in [1.29, 1.82) is 0 Å². The number of fused-ring (bicyclic) bond motifs is 1. The van der Waals surface area contributed by atoms with E-state index in [1.807, 2.05) is 0 Å². The molecule has 0 bridgehead atoms. The number of rotatable bonds is 2. The second-order valence-corrected chi connectivity index (χ2v) is 5.78. The SMILES string of the molecule is CCn1nc(C(F)(F)F)cc1C1=[N+]([O-])c2c(C)cc(Cl)cc2CO1. The van der Waals surface area contributed by atoms with Crippen LogP contribution in [0.5, 0.6) is 0 Å². The molecule has 0 unspecified atom stereocenters. The molecular formula is C15H13ClF3N3O2. The van der Waals surface area contributed by atoms with Gasteiger partial charge in [0.15, 0.2) is 11.4 Å². The van der Waals surface area contributed by atoms with Gasteiger partial charge in [-0.3, -0.25) is 4.68 Å². The number of alkyl halides is 3. The van der Waals surface area contributed by atoms with Crippen molar-refractivity contribution in [3.05, 3.63) is 50.9 Å². The van der Waals surface area contributed by atoms with E-state index in [4.69, 9.17) is 16.3 Å². The van der Waals surface area contributed by atoms with Crippen molar-refractivity contribution in [1.82, 2.24) is 9.78 Å². The first-order valence-electron chi connectivity index (χ1n) is 7.13. The fraction of sp³-hybridized carbons (Fsp3) is 0.333. The number of benzene rings is 1. The Bertz CT molecular complexity index is 843. The van der Waals surface area contributed by atoms with Crippen LogP contribution in [0.2, 0.25) is 5.02 Å². The first-order chi connectivity index (χ1) is 11.2. The predicted molar refractivity (Wildman–Crippen MR) is 81.3 cm³/mol. The Balaban J connectivity index is 2.18. The molecule has 0 fully saturated rings. The standard InChI is InChI=1S/C15H13ClF3N3O2/c1-3-21-11(6-12(20-21)15(17,18)19)14-22(23)13-8(2)4-10(16)5-9(13)7-24-14/h4-6H,3,7H2,1-2H3. The van der Waals surface area contributed by atoms with Crippen LogP contribution in [0.4, 0.5) is 18.9 Å². The number of aryl methyl sites for hydroxylation is 2. The minimum absolute atomic E-state index is 0.0141. The lowest BCUT2D eigenvalue weighted by atomic mass is 10.1. The van der Waals surface area contributed by atoms with Crippen LogP contribution in [0.15, 0.2) is 18.2 Å². The minimum atomic E-state index is -4.60. The highest BCUT2D eigenvalue weighted by molar-refractivity contribution is 6.30. The van der Waals surface area contributed by atoms with Gasteiger partial charge in [-0.2, -0.15) is 18.3 Å². The monoisotopic (exact) mass is 359 g/mol. The summed E-state index contributed by atoms with van der Waals surface area (Å²) in [6, 6.07) is 4.04. The minimum Gasteiger partial charge on any atom is -0.616 e. The maximum atomic E-state index is 12.9. The Labute approximate surface area is 140 Å². The molecule has 2 aromatic rings. The fourth-order valence-electron chi connectivity index (χ4n) is 2.66. The van der Waals surface area contributed by atoms with Gasteiger partial charge in [0.1, 0.15) is 6.61 Å². The van der Waals surface area contributed by atoms with E-state index in [9.17, 15) is 18.4 Å². The molecule has 0 saturated carbocycles. The Morgan fingerprint density at radius 2 is 2.08 bits per heavy atom. The van der Waals surface area contributed by atoms with Gasteiger partial charge in [0, 0.05) is 23.2 Å². The van der Waals surface area contributed by atoms with Crippen molar-refractivity contribution in [2.45, 2.75) is 33.2 Å². The third-order valence-corrected chi connectivity index (χ3v) is 3.90. The zero-order valence-electron chi connectivity index (χ0n) is 12.8. The summed E-state index contributed by atoms with van der Waals surface area (Å²) in [5.74, 6) is -0.210. The van der Waals surface area contributed by atoms with E-state index in [-0.39, 0.29) is 24.7 Å². The largest absolute Gasteiger partial charge is 0.616 e. The number of hydrogen-bond donors (Lipinski definition) is 0. The third-order valence-electron chi connectivity index (χ3n) is 3.69. The molecule has 0 aliphatic carbocycles. The van der Waals surface area contributed by atoms with Crippen molar-refractivity contribution in [2.75, 3.05) is 0 Å². The van der Waals surface area contributed by atoms with Crippen molar-refractivity contribution in [2.24, 2.45) is 0 Å². The van der Waals surface area contributed by atoms with Crippen LogP contribution >= 0.6 is 11.6 Å². The molecule has 0 saturated heterocycles. The maximum Gasteiger partial charge on any atom is 0.435 e. The van der Waals surface area contributed by atoms with Crippen LogP contribution in [0, 0.1) is 12.1 Å². The molecule has 0 spiro atoms. The van der Waals surface area contributed by atoms with Crippen molar-refractivity contribution in [3.8, 4) is 0 Å². The molecule has 1 aliphatic heterocycles. The molecule has 0 atom stereocenters. The van der Waals surface area contributed by atoms with Crippen LogP contribution in [0.25, 0.3) is 0 Å². The van der Waals surface area contributed by atoms with E-state index in [0.29, 0.717) is 26.6 Å². The second-order valence-electron chi connectivity index (χ2n) is 5.35. The summed E-state index contributed by atoms with van der Waals surface area (Å²) in [6.45, 7) is 3.55. The summed E-state index contributed by atoms with van der Waals surface area (Å²) in [6.07, 6.45) is -4.60. The number of ether oxygens (including phenoxy) is 1. The third kappa shape index (κ3) is 2.71. The second kappa shape index (κ2) is 5.70. The fourth-order valence-corrected chi connectivity index (χ4v) is 2.95. The lowest BCUT2D eigenvalue weighted by Gasteiger charge is -2.20. The number of hydrogen-bond acceptors (Lipinski definition) is 3. The molecule has 2 heterocycles. The zero-order valence-corrected chi connectivity index (χ0v) is 13.6. The number of aromatic nitrogens is 2. The zero-order chi connectivity index (χ0) is 17.6. The summed E-state index contributed by atoms with van der Waals surface area (Å²) >= 11 is 5.96. The van der Waals surface area contributed by atoms with Gasteiger partial charge in [-0.15, -0.1) is 4.74 Å². The highest BCUT2D eigenvalue weighted by Crippen LogP contribution is 2.33. The molecule has 1 aromatic carbocycles. The van der Waals surface area contributed by atoms with Crippen molar-refractivity contribution < 1.29 is 22.6 Å². The van der Waals surface area contributed by atoms with Gasteiger partial charge in [-0.1, -0.05) is 11.6 Å². The number of halogens is 4. The van der Waals surface area contributed by atoms with Crippen molar-refractivity contribution in [3.63, 3.8) is 0 Å². The predicted octanol–water partition coefficient (Wildman–Crippen LogP) is 4.00. The Kier molecular flexibility index (Phi) is 3.95. The number of nitrogens with zero attached hydrogens (tertiary/aromatic N) is 3. The normalized spacial score (nSPS) is 14.6. The molecule has 9 heteroatoms. The summed E-state index contributed by atoms with van der Waals surface area (Å²) in [5, 5.41) is 16.6. The first-order valence-corrected chi connectivity index (χ1v) is 7.51. The molecule has 0 radical (unpaired) electrons. The molecular weight excluding hydrogens is 347 g/mol. The molecule has 0 amide bonds. The Hall–Kier alpha value is -2.22. The summed E-state index contributed by atoms with van der Waals surface area (Å²) in [4.78, 5) is 0. The Morgan fingerprint density at radius 3 is 2.71 bits per heavy atom. The van der Waals surface area contributed by atoms with Gasteiger partial charge in [-0.25, -0.2) is 0 Å². The van der Waals surface area contributed by atoms with Crippen LogP contribution in [0.3, 0.4) is 0 Å². The van der Waals surface area contributed by atoms with E-state index in [2.05, 4.69) is 5.10 Å². The first kappa shape index (κ1) is 16.6. The van der Waals surface area contributed by atoms with E-state index >= 15 is 0 Å². The van der Waals surface area contributed by atoms with Gasteiger partial charge < -0.3 is 9.94 Å². The van der Waals surface area contributed by atoms with E-state index in [1.54, 1.807) is 26.0 Å². The summed E-state index contributed by atoms with van der Waals surface area (Å²) < 4.78 is 45.7. The van der Waals surface area contributed by atoms with Gasteiger partial charge in [0.2, 0.25) is 5.69 Å². The van der Waals surface area contributed by atoms with Crippen LogP contribution in [0.1, 0.15) is 29.4 Å². The molecule has 0 N–H and O–H groups in total. The highest BCUT2D eigenvalue weighted by atomic mass is 35.5. The van der Waals surface area contributed by atoms with Crippen molar-refractivity contribution >= 4 is 23.2 Å². The van der Waals surface area contributed by atoms with Gasteiger partial charge in [-0.05, 0) is 26.0 Å². The van der Waals surface area contributed by atoms with E-state index in [0.717, 1.165) is 10.7 Å². The molecule has 3 rings (SSSR count). The lowest BCUT2D eigenvalue weighted by Crippen LogP contribution is -2.25.